The molecule has 0 aliphatic carbocycles. The molecule has 0 saturated carbocycles. The van der Waals surface area contributed by atoms with Gasteiger partial charge in [0.05, 0.1) is 12.4 Å². The molecule has 0 radical (unpaired) electrons. The van der Waals surface area contributed by atoms with Crippen LogP contribution < -0.4 is 4.90 Å². The Morgan fingerprint density at radius 1 is 1.27 bits per heavy atom. The zero-order valence-corrected chi connectivity index (χ0v) is 11.3. The van der Waals surface area contributed by atoms with E-state index in [-0.39, 0.29) is 0 Å². The number of nitrogens with zero attached hydrogens (tertiary/aromatic N) is 3. The van der Waals surface area contributed by atoms with Gasteiger partial charge < -0.3 is 4.90 Å². The Balaban J connectivity index is 2.12. The SMILES string of the molecule is CC1CN(c2cnc(Br)cn2)CC(C)S1. The fourth-order valence-electron chi connectivity index (χ4n) is 1.83. The number of aromatic nitrogens is 2. The number of hydrogen-bond acceptors (Lipinski definition) is 4. The van der Waals surface area contributed by atoms with E-state index >= 15 is 0 Å². The Hall–Kier alpha value is -0.290. The molecular weight excluding hydrogens is 274 g/mol. The molecule has 2 heterocycles. The van der Waals surface area contributed by atoms with Crippen LogP contribution in [0.25, 0.3) is 0 Å². The van der Waals surface area contributed by atoms with Crippen molar-refractivity contribution in [2.45, 2.75) is 24.3 Å². The number of anilines is 1. The predicted molar refractivity (Wildman–Crippen MR) is 68.5 cm³/mol. The molecule has 2 unspecified atom stereocenters. The molecule has 1 aromatic rings. The van der Waals surface area contributed by atoms with E-state index in [1.807, 2.05) is 18.0 Å². The fraction of sp³-hybridized carbons (Fsp3) is 0.600. The van der Waals surface area contributed by atoms with Gasteiger partial charge in [-0.1, -0.05) is 13.8 Å². The van der Waals surface area contributed by atoms with E-state index < -0.39 is 0 Å². The van der Waals surface area contributed by atoms with Crippen LogP contribution in [-0.4, -0.2) is 33.6 Å². The average Bonchev–Trinajstić information content (AvgIpc) is 2.17. The minimum Gasteiger partial charge on any atom is -0.353 e. The second-order valence-electron chi connectivity index (χ2n) is 3.86. The van der Waals surface area contributed by atoms with Gasteiger partial charge in [-0.05, 0) is 15.9 Å². The van der Waals surface area contributed by atoms with Crippen molar-refractivity contribution in [2.75, 3.05) is 18.0 Å². The molecule has 2 atom stereocenters. The van der Waals surface area contributed by atoms with Gasteiger partial charge in [-0.15, -0.1) is 0 Å². The molecule has 1 fully saturated rings. The average molecular weight is 288 g/mol. The Morgan fingerprint density at radius 3 is 2.47 bits per heavy atom. The molecule has 0 N–H and O–H groups in total. The standard InChI is InChI=1S/C10H14BrN3S/c1-7-5-14(6-8(2)15-7)10-4-12-9(11)3-13-10/h3-4,7-8H,5-6H2,1-2H3. The maximum atomic E-state index is 4.38. The van der Waals surface area contributed by atoms with Crippen molar-refractivity contribution in [3.05, 3.63) is 17.0 Å². The zero-order valence-electron chi connectivity index (χ0n) is 8.85. The molecule has 3 nitrogen and oxygen atoms in total. The van der Waals surface area contributed by atoms with Gasteiger partial charge in [0, 0.05) is 23.6 Å². The molecule has 1 aromatic heterocycles. The molecule has 82 valence electrons. The molecular formula is C10H14BrN3S. The molecule has 1 aliphatic rings. The van der Waals surface area contributed by atoms with Gasteiger partial charge in [0.2, 0.25) is 0 Å². The van der Waals surface area contributed by atoms with Gasteiger partial charge >= 0.3 is 0 Å². The summed E-state index contributed by atoms with van der Waals surface area (Å²) in [6.45, 7) is 6.65. The van der Waals surface area contributed by atoms with Crippen molar-refractivity contribution in [2.24, 2.45) is 0 Å². The van der Waals surface area contributed by atoms with E-state index in [4.69, 9.17) is 0 Å². The summed E-state index contributed by atoms with van der Waals surface area (Å²) in [5.74, 6) is 0.984. The van der Waals surface area contributed by atoms with Crippen LogP contribution in [0.3, 0.4) is 0 Å². The molecule has 5 heteroatoms. The second kappa shape index (κ2) is 4.70. The summed E-state index contributed by atoms with van der Waals surface area (Å²) in [6, 6.07) is 0. The molecule has 0 bridgehead atoms. The van der Waals surface area contributed by atoms with Crippen molar-refractivity contribution in [1.29, 1.82) is 0 Å². The van der Waals surface area contributed by atoms with Crippen LogP contribution in [0.1, 0.15) is 13.8 Å². The first-order valence-electron chi connectivity index (χ1n) is 5.03. The highest BCUT2D eigenvalue weighted by Crippen LogP contribution is 2.27. The number of rotatable bonds is 1. The third kappa shape index (κ3) is 2.84. The highest BCUT2D eigenvalue weighted by atomic mass is 79.9. The van der Waals surface area contributed by atoms with Gasteiger partial charge in [-0.3, -0.25) is 0 Å². The van der Waals surface area contributed by atoms with E-state index in [0.29, 0.717) is 10.5 Å². The van der Waals surface area contributed by atoms with Crippen molar-refractivity contribution < 1.29 is 0 Å². The molecule has 15 heavy (non-hydrogen) atoms. The lowest BCUT2D eigenvalue weighted by Crippen LogP contribution is -2.40. The third-order valence-electron chi connectivity index (χ3n) is 2.35. The van der Waals surface area contributed by atoms with Crippen LogP contribution in [0.2, 0.25) is 0 Å². The van der Waals surface area contributed by atoms with E-state index in [1.165, 1.54) is 0 Å². The minimum atomic E-state index is 0.666. The molecule has 0 amide bonds. The first-order valence-corrected chi connectivity index (χ1v) is 6.76. The van der Waals surface area contributed by atoms with Crippen LogP contribution >= 0.6 is 27.7 Å². The molecule has 0 spiro atoms. The Kier molecular flexibility index (Phi) is 3.51. The van der Waals surface area contributed by atoms with Crippen LogP contribution in [-0.2, 0) is 0 Å². The summed E-state index contributed by atoms with van der Waals surface area (Å²) in [4.78, 5) is 10.9. The topological polar surface area (TPSA) is 29.0 Å². The lowest BCUT2D eigenvalue weighted by atomic mass is 10.3. The van der Waals surface area contributed by atoms with Crippen molar-refractivity contribution in [3.63, 3.8) is 0 Å². The van der Waals surface area contributed by atoms with E-state index in [0.717, 1.165) is 23.5 Å². The predicted octanol–water partition coefficient (Wildman–Crippen LogP) is 2.57. The Labute approximate surface area is 103 Å². The molecule has 0 aromatic carbocycles. The van der Waals surface area contributed by atoms with E-state index in [2.05, 4.69) is 44.6 Å². The van der Waals surface area contributed by atoms with Crippen LogP contribution in [0.4, 0.5) is 5.82 Å². The number of thioether (sulfide) groups is 1. The zero-order chi connectivity index (χ0) is 10.8. The molecule has 1 aliphatic heterocycles. The van der Waals surface area contributed by atoms with Crippen LogP contribution in [0.5, 0.6) is 0 Å². The first-order chi connectivity index (χ1) is 7.15. The molecule has 2 rings (SSSR count). The van der Waals surface area contributed by atoms with Gasteiger partial charge in [0.15, 0.2) is 0 Å². The summed E-state index contributed by atoms with van der Waals surface area (Å²) < 4.78 is 0.790. The summed E-state index contributed by atoms with van der Waals surface area (Å²) in [7, 11) is 0. The first kappa shape index (κ1) is 11.2. The van der Waals surface area contributed by atoms with Gasteiger partial charge in [-0.25, -0.2) is 9.97 Å². The van der Waals surface area contributed by atoms with Gasteiger partial charge in [-0.2, -0.15) is 11.8 Å². The van der Waals surface area contributed by atoms with Crippen molar-refractivity contribution in [3.8, 4) is 0 Å². The Bertz CT molecular complexity index is 320. The monoisotopic (exact) mass is 287 g/mol. The summed E-state index contributed by atoms with van der Waals surface area (Å²) >= 11 is 5.34. The fourth-order valence-corrected chi connectivity index (χ4v) is 3.36. The maximum absolute atomic E-state index is 4.38. The third-order valence-corrected chi connectivity index (χ3v) is 3.99. The lowest BCUT2D eigenvalue weighted by molar-refractivity contribution is 0.716. The quantitative estimate of drug-likeness (QED) is 0.794. The normalized spacial score (nSPS) is 26.7. The van der Waals surface area contributed by atoms with E-state index in [1.54, 1.807) is 6.20 Å². The number of hydrogen-bond donors (Lipinski definition) is 0. The summed E-state index contributed by atoms with van der Waals surface area (Å²) in [5, 5.41) is 1.33. The second-order valence-corrected chi connectivity index (χ2v) is 6.55. The summed E-state index contributed by atoms with van der Waals surface area (Å²) in [6.07, 6.45) is 3.59. The largest absolute Gasteiger partial charge is 0.353 e. The van der Waals surface area contributed by atoms with Crippen LogP contribution in [0, 0.1) is 0 Å². The minimum absolute atomic E-state index is 0.666. The van der Waals surface area contributed by atoms with Crippen molar-refractivity contribution >= 4 is 33.5 Å². The summed E-state index contributed by atoms with van der Waals surface area (Å²) in [5.41, 5.74) is 0. The Morgan fingerprint density at radius 2 is 1.93 bits per heavy atom. The van der Waals surface area contributed by atoms with Crippen LogP contribution in [0.15, 0.2) is 17.0 Å². The smallest absolute Gasteiger partial charge is 0.147 e. The highest BCUT2D eigenvalue weighted by molar-refractivity contribution is 9.10. The van der Waals surface area contributed by atoms with Gasteiger partial charge in [0.25, 0.3) is 0 Å². The lowest BCUT2D eigenvalue weighted by Gasteiger charge is -2.35. The highest BCUT2D eigenvalue weighted by Gasteiger charge is 2.23. The van der Waals surface area contributed by atoms with Gasteiger partial charge in [0.1, 0.15) is 10.4 Å². The number of halogens is 1. The van der Waals surface area contributed by atoms with E-state index in [9.17, 15) is 0 Å². The maximum Gasteiger partial charge on any atom is 0.147 e. The van der Waals surface area contributed by atoms with Crippen molar-refractivity contribution in [1.82, 2.24) is 9.97 Å². The molecule has 1 saturated heterocycles.